The Morgan fingerprint density at radius 2 is 1.49 bits per heavy atom. The lowest BCUT2D eigenvalue weighted by Gasteiger charge is -2.23. The molecular weight excluding hydrogens is 440 g/mol. The van der Waals surface area contributed by atoms with Crippen molar-refractivity contribution in [2.24, 2.45) is 16.5 Å². The number of rotatable bonds is 12. The zero-order valence-electron chi connectivity index (χ0n) is 19.6. The molecule has 2 aromatic carbocycles. The molecule has 8 nitrogen and oxygen atoms in total. The molecule has 0 saturated carbocycles. The first-order valence-electron chi connectivity index (χ1n) is 11.7. The summed E-state index contributed by atoms with van der Waals surface area (Å²) in [4.78, 5) is 34.9. The quantitative estimate of drug-likeness (QED) is 0.182. The molecule has 1 heterocycles. The molecule has 0 spiro atoms. The molecule has 1 aromatic heterocycles. The van der Waals surface area contributed by atoms with E-state index in [2.05, 4.69) is 20.6 Å². The Morgan fingerprint density at radius 3 is 2.06 bits per heavy atom. The van der Waals surface area contributed by atoms with Gasteiger partial charge >= 0.3 is 0 Å². The van der Waals surface area contributed by atoms with E-state index in [0.29, 0.717) is 32.4 Å². The van der Waals surface area contributed by atoms with Crippen molar-refractivity contribution < 1.29 is 9.59 Å². The summed E-state index contributed by atoms with van der Waals surface area (Å²) < 4.78 is 0. The van der Waals surface area contributed by atoms with Crippen molar-refractivity contribution in [2.75, 3.05) is 13.1 Å². The zero-order valence-corrected chi connectivity index (χ0v) is 19.6. The smallest absolute Gasteiger partial charge is 0.242 e. The standard InChI is InChI=1S/C27H32N6O2/c28-27(29)32-18-9-15-23(25(34)31-19-16-22-14-7-8-17-30-22)33-26(35)24(20-10-3-1-4-11-20)21-12-5-2-6-13-21/h1-8,10-14,17,23-24H,9,15-16,18-19H2,(H,31,34)(H,33,35)(H4,28,29,32)/t23-/m1/s1. The summed E-state index contributed by atoms with van der Waals surface area (Å²) >= 11 is 0. The Bertz CT molecular complexity index is 1050. The highest BCUT2D eigenvalue weighted by Crippen LogP contribution is 2.25. The van der Waals surface area contributed by atoms with Crippen molar-refractivity contribution in [3.8, 4) is 0 Å². The fourth-order valence-corrected chi connectivity index (χ4v) is 3.80. The zero-order chi connectivity index (χ0) is 24.9. The van der Waals surface area contributed by atoms with E-state index in [-0.39, 0.29) is 17.8 Å². The van der Waals surface area contributed by atoms with E-state index < -0.39 is 12.0 Å². The number of aromatic nitrogens is 1. The molecule has 35 heavy (non-hydrogen) atoms. The van der Waals surface area contributed by atoms with Crippen molar-refractivity contribution in [1.29, 1.82) is 0 Å². The lowest BCUT2D eigenvalue weighted by Crippen LogP contribution is -2.48. The van der Waals surface area contributed by atoms with Gasteiger partial charge in [-0.2, -0.15) is 0 Å². The van der Waals surface area contributed by atoms with Crippen LogP contribution >= 0.6 is 0 Å². The maximum Gasteiger partial charge on any atom is 0.242 e. The van der Waals surface area contributed by atoms with Crippen LogP contribution in [0.25, 0.3) is 0 Å². The molecule has 1 atom stereocenters. The van der Waals surface area contributed by atoms with Crippen molar-refractivity contribution in [2.45, 2.75) is 31.2 Å². The van der Waals surface area contributed by atoms with E-state index in [4.69, 9.17) is 11.5 Å². The third-order valence-corrected chi connectivity index (χ3v) is 5.51. The highest BCUT2D eigenvalue weighted by Gasteiger charge is 2.27. The second-order valence-electron chi connectivity index (χ2n) is 8.13. The van der Waals surface area contributed by atoms with Crippen LogP contribution in [0.4, 0.5) is 0 Å². The third-order valence-electron chi connectivity index (χ3n) is 5.51. The Hall–Kier alpha value is -4.20. The van der Waals surface area contributed by atoms with Gasteiger partial charge in [0, 0.05) is 31.4 Å². The summed E-state index contributed by atoms with van der Waals surface area (Å²) in [6.07, 6.45) is 3.25. The third kappa shape index (κ3) is 8.26. The Kier molecular flexibility index (Phi) is 9.80. The van der Waals surface area contributed by atoms with Crippen LogP contribution in [0.15, 0.2) is 90.1 Å². The van der Waals surface area contributed by atoms with Crippen molar-refractivity contribution in [1.82, 2.24) is 15.6 Å². The molecule has 0 unspecified atom stereocenters. The van der Waals surface area contributed by atoms with E-state index in [0.717, 1.165) is 16.8 Å². The minimum absolute atomic E-state index is 0.00128. The molecule has 6 N–H and O–H groups in total. The number of nitrogens with zero attached hydrogens (tertiary/aromatic N) is 2. The average Bonchev–Trinajstić information content (AvgIpc) is 2.88. The summed E-state index contributed by atoms with van der Waals surface area (Å²) in [5, 5.41) is 5.90. The number of nitrogens with one attached hydrogen (secondary N) is 2. The van der Waals surface area contributed by atoms with Crippen LogP contribution in [0.5, 0.6) is 0 Å². The molecule has 0 saturated heterocycles. The first kappa shape index (κ1) is 25.4. The highest BCUT2D eigenvalue weighted by molar-refractivity contribution is 5.92. The summed E-state index contributed by atoms with van der Waals surface area (Å²) in [6.45, 7) is 0.785. The molecule has 3 rings (SSSR count). The predicted molar refractivity (Wildman–Crippen MR) is 138 cm³/mol. The van der Waals surface area contributed by atoms with Crippen molar-refractivity contribution >= 4 is 17.8 Å². The number of hydrogen-bond acceptors (Lipinski definition) is 4. The molecule has 3 aromatic rings. The normalized spacial score (nSPS) is 11.5. The molecule has 0 aliphatic heterocycles. The summed E-state index contributed by atoms with van der Waals surface area (Å²) in [6, 6.07) is 24.0. The molecule has 0 aliphatic carbocycles. The maximum atomic E-state index is 13.5. The predicted octanol–water partition coefficient (Wildman–Crippen LogP) is 2.11. The van der Waals surface area contributed by atoms with Crippen molar-refractivity contribution in [3.63, 3.8) is 0 Å². The average molecular weight is 473 g/mol. The number of hydrogen-bond donors (Lipinski definition) is 4. The van der Waals surface area contributed by atoms with Gasteiger partial charge < -0.3 is 22.1 Å². The monoisotopic (exact) mass is 472 g/mol. The van der Waals surface area contributed by atoms with Gasteiger partial charge in [-0.1, -0.05) is 66.7 Å². The minimum Gasteiger partial charge on any atom is -0.370 e. The van der Waals surface area contributed by atoms with Gasteiger partial charge in [0.2, 0.25) is 11.8 Å². The second-order valence-corrected chi connectivity index (χ2v) is 8.13. The van der Waals surface area contributed by atoms with Gasteiger partial charge in [0.25, 0.3) is 0 Å². The van der Waals surface area contributed by atoms with Gasteiger partial charge in [-0.3, -0.25) is 19.6 Å². The van der Waals surface area contributed by atoms with Crippen LogP contribution in [0.2, 0.25) is 0 Å². The number of nitrogens with two attached hydrogens (primary N) is 2. The van der Waals surface area contributed by atoms with Crippen molar-refractivity contribution in [3.05, 3.63) is 102 Å². The number of benzene rings is 2. The van der Waals surface area contributed by atoms with Crippen LogP contribution in [0, 0.1) is 0 Å². The molecule has 0 aliphatic rings. The number of guanidine groups is 1. The lowest BCUT2D eigenvalue weighted by molar-refractivity contribution is -0.129. The van der Waals surface area contributed by atoms with Crippen LogP contribution < -0.4 is 22.1 Å². The van der Waals surface area contributed by atoms with Crippen LogP contribution in [0.1, 0.15) is 35.6 Å². The topological polar surface area (TPSA) is 135 Å². The maximum absolute atomic E-state index is 13.5. The summed E-state index contributed by atoms with van der Waals surface area (Å²) in [5.41, 5.74) is 13.4. The highest BCUT2D eigenvalue weighted by atomic mass is 16.2. The summed E-state index contributed by atoms with van der Waals surface area (Å²) in [7, 11) is 0. The Labute approximate surface area is 205 Å². The Balaban J connectivity index is 1.72. The van der Waals surface area contributed by atoms with E-state index in [1.807, 2.05) is 78.9 Å². The molecule has 0 radical (unpaired) electrons. The number of pyridine rings is 1. The van der Waals surface area contributed by atoms with E-state index >= 15 is 0 Å². The van der Waals surface area contributed by atoms with Gasteiger partial charge in [-0.25, -0.2) is 0 Å². The number of aliphatic imine (C=N–C) groups is 1. The van der Waals surface area contributed by atoms with Gasteiger partial charge in [-0.05, 0) is 36.1 Å². The number of carbonyl (C=O) groups is 2. The van der Waals surface area contributed by atoms with Gasteiger partial charge in [0.05, 0.1) is 5.92 Å². The molecule has 8 heteroatoms. The van der Waals surface area contributed by atoms with Gasteiger partial charge in [0.15, 0.2) is 5.96 Å². The van der Waals surface area contributed by atoms with Crippen LogP contribution in [-0.4, -0.2) is 41.9 Å². The summed E-state index contributed by atoms with van der Waals surface area (Å²) in [5.74, 6) is -1.04. The van der Waals surface area contributed by atoms with E-state index in [1.165, 1.54) is 0 Å². The SMILES string of the molecule is NC(N)=NCCC[C@@H](NC(=O)C(c1ccccc1)c1ccccc1)C(=O)NCCc1ccccn1. The van der Waals surface area contributed by atoms with Gasteiger partial charge in [0.1, 0.15) is 6.04 Å². The van der Waals surface area contributed by atoms with Crippen LogP contribution in [0.3, 0.4) is 0 Å². The molecule has 2 amide bonds. The molecule has 0 fully saturated rings. The first-order valence-corrected chi connectivity index (χ1v) is 11.7. The van der Waals surface area contributed by atoms with E-state index in [9.17, 15) is 9.59 Å². The van der Waals surface area contributed by atoms with Crippen LogP contribution in [-0.2, 0) is 16.0 Å². The fourth-order valence-electron chi connectivity index (χ4n) is 3.80. The molecular formula is C27H32N6O2. The number of amides is 2. The number of carbonyl (C=O) groups excluding carboxylic acids is 2. The molecule has 0 bridgehead atoms. The van der Waals surface area contributed by atoms with E-state index in [1.54, 1.807) is 6.20 Å². The first-order chi connectivity index (χ1) is 17.0. The Morgan fingerprint density at radius 1 is 0.857 bits per heavy atom. The fraction of sp³-hybridized carbons (Fsp3) is 0.259. The largest absolute Gasteiger partial charge is 0.370 e. The van der Waals surface area contributed by atoms with Gasteiger partial charge in [-0.15, -0.1) is 0 Å². The molecule has 182 valence electrons. The minimum atomic E-state index is -0.727. The second kappa shape index (κ2) is 13.5. The lowest BCUT2D eigenvalue weighted by atomic mass is 9.90.